The van der Waals surface area contributed by atoms with Gasteiger partial charge in [-0.1, -0.05) is 367 Å². The number of amides is 1. The van der Waals surface area contributed by atoms with Crippen LogP contribution in [0.2, 0.25) is 0 Å². The molecule has 536 valence electrons. The van der Waals surface area contributed by atoms with E-state index in [1.165, 1.54) is 308 Å². The van der Waals surface area contributed by atoms with Crippen LogP contribution in [0.25, 0.3) is 0 Å². The molecule has 12 atom stereocenters. The molecule has 2 fully saturated rings. The standard InChI is InChI=1S/C76H149NO13/c1-3-5-7-9-11-13-15-17-19-21-23-25-27-29-31-32-33-34-36-38-40-42-44-46-48-50-52-54-56-58-60-68(81)77-64(63-87-75-73(86)71(84)74(67(62-79)89-75)90-76-72(85)70(83)69(82)66(61-78)88-76)65(80)59-57-55-53-51-49-47-45-43-41-39-37-35-30-28-26-24-22-20-18-16-14-12-10-8-6-4-2/h64-67,69-76,78-80,82-86H,3-63H2,1-2H3,(H,77,81). The quantitative estimate of drug-likeness (QED) is 0.0259. The van der Waals surface area contributed by atoms with E-state index in [2.05, 4.69) is 19.2 Å². The van der Waals surface area contributed by atoms with Gasteiger partial charge in [-0.15, -0.1) is 0 Å². The summed E-state index contributed by atoms with van der Waals surface area (Å²) in [4.78, 5) is 13.4. The predicted octanol–water partition coefficient (Wildman–Crippen LogP) is 17.1. The lowest BCUT2D eigenvalue weighted by atomic mass is 9.97. The fourth-order valence-electron chi connectivity index (χ4n) is 13.6. The summed E-state index contributed by atoms with van der Waals surface area (Å²) in [5, 5.41) is 87.8. The van der Waals surface area contributed by atoms with Gasteiger partial charge in [0.25, 0.3) is 0 Å². The number of carbonyl (C=O) groups is 1. The average Bonchev–Trinajstić information content (AvgIpc) is 1.42. The largest absolute Gasteiger partial charge is 0.394 e. The molecular formula is C76H149NO13. The van der Waals surface area contributed by atoms with Crippen LogP contribution in [0, 0.1) is 0 Å². The van der Waals surface area contributed by atoms with Crippen molar-refractivity contribution in [1.82, 2.24) is 5.32 Å². The van der Waals surface area contributed by atoms with Crippen molar-refractivity contribution in [3.8, 4) is 0 Å². The summed E-state index contributed by atoms with van der Waals surface area (Å²) in [7, 11) is 0. The molecule has 2 rings (SSSR count). The molecule has 2 aliphatic rings. The minimum Gasteiger partial charge on any atom is -0.394 e. The van der Waals surface area contributed by atoms with Crippen LogP contribution in [0.1, 0.15) is 386 Å². The van der Waals surface area contributed by atoms with Gasteiger partial charge in [-0.2, -0.15) is 0 Å². The minimum absolute atomic E-state index is 0.195. The van der Waals surface area contributed by atoms with Crippen molar-refractivity contribution < 1.29 is 64.6 Å². The molecule has 14 heteroatoms. The fourth-order valence-corrected chi connectivity index (χ4v) is 13.6. The van der Waals surface area contributed by atoms with Gasteiger partial charge in [0.1, 0.15) is 48.8 Å². The Labute approximate surface area is 553 Å². The normalized spacial score (nSPS) is 22.8. The summed E-state index contributed by atoms with van der Waals surface area (Å²) in [5.41, 5.74) is 0. The number of nitrogens with one attached hydrogen (secondary N) is 1. The Hall–Kier alpha value is -1.01. The van der Waals surface area contributed by atoms with Crippen LogP contribution in [-0.2, 0) is 23.7 Å². The smallest absolute Gasteiger partial charge is 0.220 e. The Morgan fingerprint density at radius 2 is 0.633 bits per heavy atom. The summed E-state index contributed by atoms with van der Waals surface area (Å²) in [6.45, 7) is 2.95. The van der Waals surface area contributed by atoms with Crippen molar-refractivity contribution >= 4 is 5.91 Å². The lowest BCUT2D eigenvalue weighted by molar-refractivity contribution is -0.359. The molecule has 0 aromatic heterocycles. The molecule has 2 saturated heterocycles. The molecule has 12 unspecified atom stereocenters. The van der Waals surface area contributed by atoms with E-state index in [4.69, 9.17) is 18.9 Å². The minimum atomic E-state index is -1.78. The Balaban J connectivity index is 1.61. The lowest BCUT2D eigenvalue weighted by Crippen LogP contribution is -2.65. The first-order chi connectivity index (χ1) is 44.1. The van der Waals surface area contributed by atoms with Gasteiger partial charge in [-0.05, 0) is 12.8 Å². The van der Waals surface area contributed by atoms with Crippen LogP contribution in [0.15, 0.2) is 0 Å². The topological polar surface area (TPSA) is 228 Å². The van der Waals surface area contributed by atoms with E-state index in [-0.39, 0.29) is 12.5 Å². The van der Waals surface area contributed by atoms with Gasteiger partial charge in [-0.3, -0.25) is 4.79 Å². The van der Waals surface area contributed by atoms with Crippen molar-refractivity contribution in [2.24, 2.45) is 0 Å². The van der Waals surface area contributed by atoms with Crippen LogP contribution in [0.5, 0.6) is 0 Å². The van der Waals surface area contributed by atoms with Gasteiger partial charge in [0.05, 0.1) is 32.0 Å². The summed E-state index contributed by atoms with van der Waals surface area (Å²) in [5.74, 6) is -0.195. The van der Waals surface area contributed by atoms with E-state index in [0.717, 1.165) is 51.4 Å². The Morgan fingerprint density at radius 3 is 0.944 bits per heavy atom. The van der Waals surface area contributed by atoms with Crippen LogP contribution < -0.4 is 5.32 Å². The molecule has 0 aromatic carbocycles. The first-order valence-corrected chi connectivity index (χ1v) is 39.3. The highest BCUT2D eigenvalue weighted by atomic mass is 16.7. The van der Waals surface area contributed by atoms with Gasteiger partial charge in [-0.25, -0.2) is 0 Å². The van der Waals surface area contributed by atoms with E-state index in [9.17, 15) is 45.6 Å². The second kappa shape index (κ2) is 61.6. The van der Waals surface area contributed by atoms with Crippen molar-refractivity contribution in [3.63, 3.8) is 0 Å². The molecule has 14 nitrogen and oxygen atoms in total. The molecule has 0 saturated carbocycles. The second-order valence-electron chi connectivity index (χ2n) is 28.2. The number of hydrogen-bond donors (Lipinski definition) is 9. The highest BCUT2D eigenvalue weighted by Gasteiger charge is 2.51. The van der Waals surface area contributed by atoms with Crippen molar-refractivity contribution in [1.29, 1.82) is 0 Å². The maximum atomic E-state index is 13.4. The molecule has 0 aromatic rings. The number of aliphatic hydroxyl groups excluding tert-OH is 8. The zero-order valence-electron chi connectivity index (χ0n) is 58.7. The maximum Gasteiger partial charge on any atom is 0.220 e. The van der Waals surface area contributed by atoms with Gasteiger partial charge < -0.3 is 65.1 Å². The molecule has 2 heterocycles. The van der Waals surface area contributed by atoms with E-state index < -0.39 is 86.8 Å². The molecule has 0 aliphatic carbocycles. The summed E-state index contributed by atoms with van der Waals surface area (Å²) < 4.78 is 23.0. The van der Waals surface area contributed by atoms with Crippen LogP contribution in [-0.4, -0.2) is 140 Å². The number of aliphatic hydroxyl groups is 8. The molecule has 1 amide bonds. The fraction of sp³-hybridized carbons (Fsp3) is 0.987. The van der Waals surface area contributed by atoms with Crippen molar-refractivity contribution in [2.75, 3.05) is 19.8 Å². The molecule has 0 bridgehead atoms. The van der Waals surface area contributed by atoms with Crippen molar-refractivity contribution in [3.05, 3.63) is 0 Å². The Kier molecular flexibility index (Phi) is 58.2. The summed E-state index contributed by atoms with van der Waals surface area (Å²) in [6.07, 6.45) is 58.6. The molecule has 2 aliphatic heterocycles. The van der Waals surface area contributed by atoms with Gasteiger partial charge in [0.15, 0.2) is 12.6 Å². The van der Waals surface area contributed by atoms with Crippen LogP contribution >= 0.6 is 0 Å². The Morgan fingerprint density at radius 1 is 0.356 bits per heavy atom. The number of ether oxygens (including phenoxy) is 4. The first kappa shape index (κ1) is 85.1. The zero-order chi connectivity index (χ0) is 65.2. The third-order valence-corrected chi connectivity index (χ3v) is 19.8. The van der Waals surface area contributed by atoms with E-state index >= 15 is 0 Å². The highest BCUT2D eigenvalue weighted by Crippen LogP contribution is 2.30. The second-order valence-corrected chi connectivity index (χ2v) is 28.2. The molecule has 90 heavy (non-hydrogen) atoms. The molecule has 0 radical (unpaired) electrons. The lowest BCUT2D eigenvalue weighted by Gasteiger charge is -2.46. The highest BCUT2D eigenvalue weighted by molar-refractivity contribution is 5.76. The number of unbranched alkanes of at least 4 members (excludes halogenated alkanes) is 54. The average molecular weight is 1290 g/mol. The van der Waals surface area contributed by atoms with E-state index in [0.29, 0.717) is 12.8 Å². The van der Waals surface area contributed by atoms with Crippen LogP contribution in [0.3, 0.4) is 0 Å². The first-order valence-electron chi connectivity index (χ1n) is 39.3. The van der Waals surface area contributed by atoms with Gasteiger partial charge in [0.2, 0.25) is 5.91 Å². The predicted molar refractivity (Wildman–Crippen MR) is 369 cm³/mol. The number of rotatable bonds is 67. The Bertz CT molecular complexity index is 1510. The van der Waals surface area contributed by atoms with Gasteiger partial charge in [0, 0.05) is 6.42 Å². The number of carbonyl (C=O) groups excluding carboxylic acids is 1. The summed E-state index contributed by atoms with van der Waals surface area (Å²) in [6, 6.07) is -0.825. The van der Waals surface area contributed by atoms with Gasteiger partial charge >= 0.3 is 0 Å². The third-order valence-electron chi connectivity index (χ3n) is 19.8. The summed E-state index contributed by atoms with van der Waals surface area (Å²) >= 11 is 0. The van der Waals surface area contributed by atoms with E-state index in [1.54, 1.807) is 0 Å². The monoisotopic (exact) mass is 1280 g/mol. The molecule has 9 N–H and O–H groups in total. The number of hydrogen-bond acceptors (Lipinski definition) is 13. The zero-order valence-corrected chi connectivity index (χ0v) is 58.7. The maximum absolute atomic E-state index is 13.4. The van der Waals surface area contributed by atoms with E-state index in [1.807, 2.05) is 0 Å². The SMILES string of the molecule is CCCCCCCCCCCCCCCCCCCCCCCCCCCCCCCCC(=O)NC(COC1OC(CO)C(OC2OC(CO)C(O)C(O)C2O)C(O)C1O)C(O)CCCCCCCCCCCCCCCCCCCCCCCCCCCC. The molecule has 0 spiro atoms. The third kappa shape index (κ3) is 44.7. The van der Waals surface area contributed by atoms with Crippen molar-refractivity contribution in [2.45, 2.75) is 460 Å². The molecular weight excluding hydrogens is 1130 g/mol. The van der Waals surface area contributed by atoms with Crippen LogP contribution in [0.4, 0.5) is 0 Å².